The van der Waals surface area contributed by atoms with E-state index in [1.165, 1.54) is 21.2 Å². The summed E-state index contributed by atoms with van der Waals surface area (Å²) in [5.74, 6) is 0. The van der Waals surface area contributed by atoms with Gasteiger partial charge in [-0.05, 0) is 38.4 Å². The van der Waals surface area contributed by atoms with Crippen molar-refractivity contribution in [3.63, 3.8) is 0 Å². The number of hydrogen-bond acceptors (Lipinski definition) is 1. The Bertz CT molecular complexity index is 358. The molecule has 0 aliphatic heterocycles. The standard InChI is InChI=1S/C13H18BrN/c1-9(2)8-12(15-4)11-7-5-6-10(3)13(11)14/h5-7,12,15H,1,8H2,2-4H3. The minimum Gasteiger partial charge on any atom is -0.313 e. The van der Waals surface area contributed by atoms with Gasteiger partial charge in [-0.2, -0.15) is 0 Å². The van der Waals surface area contributed by atoms with Crippen molar-refractivity contribution >= 4 is 15.9 Å². The zero-order valence-electron chi connectivity index (χ0n) is 9.60. The summed E-state index contributed by atoms with van der Waals surface area (Å²) in [5, 5.41) is 3.33. The van der Waals surface area contributed by atoms with E-state index in [1.54, 1.807) is 0 Å². The molecule has 15 heavy (non-hydrogen) atoms. The van der Waals surface area contributed by atoms with Crippen LogP contribution in [0.3, 0.4) is 0 Å². The highest BCUT2D eigenvalue weighted by molar-refractivity contribution is 9.10. The average Bonchev–Trinajstić information content (AvgIpc) is 2.19. The maximum atomic E-state index is 3.97. The number of hydrogen-bond donors (Lipinski definition) is 1. The maximum absolute atomic E-state index is 3.97. The molecule has 2 heteroatoms. The van der Waals surface area contributed by atoms with Crippen LogP contribution >= 0.6 is 15.9 Å². The second kappa shape index (κ2) is 5.47. The fourth-order valence-electron chi connectivity index (χ4n) is 1.66. The first kappa shape index (κ1) is 12.5. The number of nitrogens with one attached hydrogen (secondary N) is 1. The lowest BCUT2D eigenvalue weighted by Gasteiger charge is -2.19. The van der Waals surface area contributed by atoms with Crippen LogP contribution in [0.1, 0.15) is 30.5 Å². The van der Waals surface area contributed by atoms with E-state index < -0.39 is 0 Å². The molecule has 1 atom stereocenters. The van der Waals surface area contributed by atoms with E-state index >= 15 is 0 Å². The largest absolute Gasteiger partial charge is 0.313 e. The summed E-state index contributed by atoms with van der Waals surface area (Å²) < 4.78 is 1.20. The molecule has 0 fully saturated rings. The quantitative estimate of drug-likeness (QED) is 0.814. The van der Waals surface area contributed by atoms with Crippen molar-refractivity contribution in [2.24, 2.45) is 0 Å². The molecule has 1 rings (SSSR count). The lowest BCUT2D eigenvalue weighted by Crippen LogP contribution is -2.17. The second-order valence-corrected chi connectivity index (χ2v) is 4.77. The van der Waals surface area contributed by atoms with Crippen LogP contribution in [0.4, 0.5) is 0 Å². The fraction of sp³-hybridized carbons (Fsp3) is 0.385. The molecule has 1 unspecified atom stereocenters. The first-order valence-corrected chi connectivity index (χ1v) is 5.92. The molecule has 0 aromatic heterocycles. The van der Waals surface area contributed by atoms with E-state index in [0.29, 0.717) is 6.04 Å². The van der Waals surface area contributed by atoms with Gasteiger partial charge in [0.25, 0.3) is 0 Å². The van der Waals surface area contributed by atoms with E-state index in [1.807, 2.05) is 7.05 Å². The number of halogens is 1. The topological polar surface area (TPSA) is 12.0 Å². The van der Waals surface area contributed by atoms with E-state index in [2.05, 4.69) is 59.9 Å². The van der Waals surface area contributed by atoms with Crippen LogP contribution in [0.2, 0.25) is 0 Å². The number of rotatable bonds is 4. The molecular weight excluding hydrogens is 250 g/mol. The smallest absolute Gasteiger partial charge is 0.0366 e. The third kappa shape index (κ3) is 3.18. The number of aryl methyl sites for hydroxylation is 1. The Morgan fingerprint density at radius 1 is 1.53 bits per heavy atom. The van der Waals surface area contributed by atoms with Crippen LogP contribution in [0, 0.1) is 6.92 Å². The van der Waals surface area contributed by atoms with Gasteiger partial charge < -0.3 is 5.32 Å². The van der Waals surface area contributed by atoms with Gasteiger partial charge in [0.05, 0.1) is 0 Å². The van der Waals surface area contributed by atoms with Crippen LogP contribution in [-0.2, 0) is 0 Å². The van der Waals surface area contributed by atoms with Gasteiger partial charge in [0.1, 0.15) is 0 Å². The predicted molar refractivity (Wildman–Crippen MR) is 70.1 cm³/mol. The molecule has 1 nitrogen and oxygen atoms in total. The van der Waals surface area contributed by atoms with E-state index in [-0.39, 0.29) is 0 Å². The number of benzene rings is 1. The summed E-state index contributed by atoms with van der Waals surface area (Å²) >= 11 is 3.64. The van der Waals surface area contributed by atoms with Gasteiger partial charge in [-0.1, -0.05) is 39.7 Å². The molecule has 0 radical (unpaired) electrons. The van der Waals surface area contributed by atoms with Gasteiger partial charge in [0.15, 0.2) is 0 Å². The highest BCUT2D eigenvalue weighted by atomic mass is 79.9. The highest BCUT2D eigenvalue weighted by Gasteiger charge is 2.13. The molecule has 1 aromatic rings. The normalized spacial score (nSPS) is 12.5. The molecule has 0 bridgehead atoms. The highest BCUT2D eigenvalue weighted by Crippen LogP contribution is 2.29. The molecule has 0 heterocycles. The summed E-state index contributed by atoms with van der Waals surface area (Å²) in [4.78, 5) is 0. The first-order chi connectivity index (χ1) is 7.06. The van der Waals surface area contributed by atoms with Crippen molar-refractivity contribution in [2.75, 3.05) is 7.05 Å². The Balaban J connectivity index is 3.01. The van der Waals surface area contributed by atoms with Gasteiger partial charge in [-0.25, -0.2) is 0 Å². The Morgan fingerprint density at radius 2 is 2.20 bits per heavy atom. The lowest BCUT2D eigenvalue weighted by molar-refractivity contribution is 0.587. The zero-order valence-corrected chi connectivity index (χ0v) is 11.2. The van der Waals surface area contributed by atoms with E-state index in [9.17, 15) is 0 Å². The average molecular weight is 268 g/mol. The molecule has 0 aliphatic carbocycles. The Morgan fingerprint density at radius 3 is 2.73 bits per heavy atom. The third-order valence-corrected chi connectivity index (χ3v) is 3.58. The minimum absolute atomic E-state index is 0.344. The second-order valence-electron chi connectivity index (χ2n) is 3.98. The van der Waals surface area contributed by atoms with Gasteiger partial charge in [-0.15, -0.1) is 6.58 Å². The summed E-state index contributed by atoms with van der Waals surface area (Å²) in [5.41, 5.74) is 3.78. The van der Waals surface area contributed by atoms with Crippen molar-refractivity contribution in [3.05, 3.63) is 46.0 Å². The van der Waals surface area contributed by atoms with Crippen molar-refractivity contribution in [1.82, 2.24) is 5.32 Å². The third-order valence-electron chi connectivity index (χ3n) is 2.50. The molecule has 0 saturated carbocycles. The summed E-state index contributed by atoms with van der Waals surface area (Å²) in [6.45, 7) is 8.14. The summed E-state index contributed by atoms with van der Waals surface area (Å²) in [7, 11) is 1.99. The van der Waals surface area contributed by atoms with Gasteiger partial charge in [-0.3, -0.25) is 0 Å². The van der Waals surface area contributed by atoms with Crippen LogP contribution < -0.4 is 5.32 Å². The summed E-state index contributed by atoms with van der Waals surface area (Å²) in [6, 6.07) is 6.71. The molecule has 0 aliphatic rings. The zero-order chi connectivity index (χ0) is 11.4. The molecule has 0 saturated heterocycles. The molecule has 0 spiro atoms. The molecular formula is C13H18BrN. The first-order valence-electron chi connectivity index (χ1n) is 5.13. The van der Waals surface area contributed by atoms with Crippen molar-refractivity contribution in [3.8, 4) is 0 Å². The molecule has 0 amide bonds. The lowest BCUT2D eigenvalue weighted by atomic mass is 9.99. The molecule has 82 valence electrons. The predicted octanol–water partition coefficient (Wildman–Crippen LogP) is 3.98. The van der Waals surface area contributed by atoms with Crippen molar-refractivity contribution < 1.29 is 0 Å². The van der Waals surface area contributed by atoms with Crippen LogP contribution in [0.25, 0.3) is 0 Å². The monoisotopic (exact) mass is 267 g/mol. The van der Waals surface area contributed by atoms with Gasteiger partial charge in [0, 0.05) is 10.5 Å². The van der Waals surface area contributed by atoms with Gasteiger partial charge >= 0.3 is 0 Å². The Labute approximate surface area is 101 Å². The molecule has 1 N–H and O–H groups in total. The Hall–Kier alpha value is -0.600. The summed E-state index contributed by atoms with van der Waals surface area (Å²) in [6.07, 6.45) is 0.971. The fourth-order valence-corrected chi connectivity index (χ4v) is 2.20. The van der Waals surface area contributed by atoms with Crippen molar-refractivity contribution in [1.29, 1.82) is 0 Å². The maximum Gasteiger partial charge on any atom is 0.0366 e. The van der Waals surface area contributed by atoms with Crippen LogP contribution in [-0.4, -0.2) is 7.05 Å². The van der Waals surface area contributed by atoms with E-state index in [0.717, 1.165) is 6.42 Å². The minimum atomic E-state index is 0.344. The molecule has 1 aromatic carbocycles. The van der Waals surface area contributed by atoms with Crippen LogP contribution in [0.5, 0.6) is 0 Å². The van der Waals surface area contributed by atoms with Crippen LogP contribution in [0.15, 0.2) is 34.8 Å². The van der Waals surface area contributed by atoms with Crippen molar-refractivity contribution in [2.45, 2.75) is 26.3 Å². The SMILES string of the molecule is C=C(C)CC(NC)c1cccc(C)c1Br. The Kier molecular flexibility index (Phi) is 4.55. The van der Waals surface area contributed by atoms with Gasteiger partial charge in [0.2, 0.25) is 0 Å². The van der Waals surface area contributed by atoms with E-state index in [4.69, 9.17) is 0 Å².